The minimum Gasteiger partial charge on any atom is -0.348 e. The SMILES string of the molecule is C[C@H](NC(=O)CC(F)(F)F)c1cccs1. The van der Waals surface area contributed by atoms with Crippen molar-refractivity contribution in [3.8, 4) is 0 Å². The molecular formula is C9H10F3NOS. The summed E-state index contributed by atoms with van der Waals surface area (Å²) < 4.78 is 35.5. The molecule has 0 aromatic carbocycles. The molecule has 0 aliphatic rings. The number of halogens is 3. The van der Waals surface area contributed by atoms with Gasteiger partial charge in [-0.15, -0.1) is 11.3 Å². The molecule has 0 spiro atoms. The minimum absolute atomic E-state index is 0.375. The topological polar surface area (TPSA) is 29.1 Å². The Hall–Kier alpha value is -1.04. The van der Waals surface area contributed by atoms with E-state index in [1.54, 1.807) is 19.1 Å². The maximum Gasteiger partial charge on any atom is 0.397 e. The van der Waals surface area contributed by atoms with Crippen LogP contribution in [0.2, 0.25) is 0 Å². The second-order valence-corrected chi connectivity index (χ2v) is 4.08. The number of amides is 1. The van der Waals surface area contributed by atoms with Gasteiger partial charge in [0.15, 0.2) is 0 Å². The van der Waals surface area contributed by atoms with Gasteiger partial charge < -0.3 is 5.32 Å². The van der Waals surface area contributed by atoms with Gasteiger partial charge in [0.1, 0.15) is 6.42 Å². The lowest BCUT2D eigenvalue weighted by Crippen LogP contribution is -2.30. The van der Waals surface area contributed by atoms with Gasteiger partial charge in [-0.05, 0) is 18.4 Å². The molecule has 6 heteroatoms. The van der Waals surface area contributed by atoms with Crippen molar-refractivity contribution >= 4 is 17.2 Å². The third-order valence-electron chi connectivity index (χ3n) is 1.71. The number of alkyl halides is 3. The molecule has 1 aromatic rings. The quantitative estimate of drug-likeness (QED) is 0.860. The van der Waals surface area contributed by atoms with E-state index in [1.165, 1.54) is 11.3 Å². The van der Waals surface area contributed by atoms with Gasteiger partial charge in [0.2, 0.25) is 5.91 Å². The van der Waals surface area contributed by atoms with Gasteiger partial charge in [0.05, 0.1) is 6.04 Å². The summed E-state index contributed by atoms with van der Waals surface area (Å²) in [4.78, 5) is 11.8. The van der Waals surface area contributed by atoms with Gasteiger partial charge in [-0.2, -0.15) is 13.2 Å². The molecule has 1 N–H and O–H groups in total. The number of carbonyl (C=O) groups is 1. The van der Waals surface area contributed by atoms with Gasteiger partial charge in [-0.25, -0.2) is 0 Å². The largest absolute Gasteiger partial charge is 0.397 e. The molecule has 15 heavy (non-hydrogen) atoms. The normalized spacial score (nSPS) is 13.6. The van der Waals surface area contributed by atoms with Crippen molar-refractivity contribution in [2.75, 3.05) is 0 Å². The van der Waals surface area contributed by atoms with Crippen LogP contribution in [0, 0.1) is 0 Å². The van der Waals surface area contributed by atoms with E-state index in [1.807, 2.05) is 5.38 Å². The fourth-order valence-electron chi connectivity index (χ4n) is 1.08. The first-order chi connectivity index (χ1) is 6.88. The van der Waals surface area contributed by atoms with E-state index in [-0.39, 0.29) is 6.04 Å². The van der Waals surface area contributed by atoms with Crippen molar-refractivity contribution < 1.29 is 18.0 Å². The van der Waals surface area contributed by atoms with E-state index < -0.39 is 18.5 Å². The Morgan fingerprint density at radius 2 is 2.27 bits per heavy atom. The maximum absolute atomic E-state index is 11.8. The first-order valence-electron chi connectivity index (χ1n) is 4.28. The molecule has 0 saturated carbocycles. The van der Waals surface area contributed by atoms with Crippen LogP contribution in [0.25, 0.3) is 0 Å². The Kier molecular flexibility index (Phi) is 3.73. The van der Waals surface area contributed by atoms with Crippen LogP contribution in [-0.2, 0) is 4.79 Å². The highest BCUT2D eigenvalue weighted by molar-refractivity contribution is 7.10. The standard InChI is InChI=1S/C9H10F3NOS/c1-6(7-3-2-4-15-7)13-8(14)5-9(10,11)12/h2-4,6H,5H2,1H3,(H,13,14)/t6-/m0/s1. The number of rotatable bonds is 3. The van der Waals surface area contributed by atoms with Gasteiger partial charge in [-0.1, -0.05) is 6.07 Å². The number of hydrogen-bond acceptors (Lipinski definition) is 2. The second kappa shape index (κ2) is 4.65. The number of hydrogen-bond donors (Lipinski definition) is 1. The zero-order chi connectivity index (χ0) is 11.5. The van der Waals surface area contributed by atoms with Gasteiger partial charge >= 0.3 is 6.18 Å². The second-order valence-electron chi connectivity index (χ2n) is 3.10. The van der Waals surface area contributed by atoms with Crippen molar-refractivity contribution in [3.63, 3.8) is 0 Å². The van der Waals surface area contributed by atoms with Gasteiger partial charge in [0, 0.05) is 4.88 Å². The number of thiophene rings is 1. The molecule has 1 atom stereocenters. The lowest BCUT2D eigenvalue weighted by molar-refractivity contribution is -0.154. The molecule has 0 unspecified atom stereocenters. The van der Waals surface area contributed by atoms with Crippen molar-refractivity contribution in [3.05, 3.63) is 22.4 Å². The summed E-state index contributed by atoms with van der Waals surface area (Å²) in [5.74, 6) is -0.997. The first-order valence-corrected chi connectivity index (χ1v) is 5.16. The Morgan fingerprint density at radius 3 is 2.73 bits per heavy atom. The van der Waals surface area contributed by atoms with Crippen LogP contribution in [-0.4, -0.2) is 12.1 Å². The summed E-state index contributed by atoms with van der Waals surface area (Å²) >= 11 is 1.40. The van der Waals surface area contributed by atoms with Crippen molar-refractivity contribution in [1.29, 1.82) is 0 Å². The number of nitrogens with one attached hydrogen (secondary N) is 1. The molecule has 0 bridgehead atoms. The van der Waals surface area contributed by atoms with E-state index in [2.05, 4.69) is 5.32 Å². The molecule has 1 heterocycles. The van der Waals surface area contributed by atoms with Crippen molar-refractivity contribution in [1.82, 2.24) is 5.32 Å². The van der Waals surface area contributed by atoms with Crippen molar-refractivity contribution in [2.24, 2.45) is 0 Å². The average Bonchev–Trinajstić information content (AvgIpc) is 2.50. The van der Waals surface area contributed by atoms with E-state index in [0.29, 0.717) is 0 Å². The van der Waals surface area contributed by atoms with Gasteiger partial charge in [-0.3, -0.25) is 4.79 Å². The zero-order valence-electron chi connectivity index (χ0n) is 7.97. The predicted molar refractivity (Wildman–Crippen MR) is 51.5 cm³/mol. The summed E-state index contributed by atoms with van der Waals surface area (Å²) in [6, 6.07) is 3.18. The average molecular weight is 237 g/mol. The fraction of sp³-hybridized carbons (Fsp3) is 0.444. The van der Waals surface area contributed by atoms with Crippen LogP contribution in [0.1, 0.15) is 24.3 Å². The number of carbonyl (C=O) groups excluding carboxylic acids is 1. The Labute approximate surface area is 89.1 Å². The summed E-state index contributed by atoms with van der Waals surface area (Å²) in [6.07, 6.45) is -5.87. The molecule has 1 aromatic heterocycles. The van der Waals surface area contributed by atoms with Crippen molar-refractivity contribution in [2.45, 2.75) is 25.6 Å². The van der Waals surface area contributed by atoms with Crippen LogP contribution in [0.5, 0.6) is 0 Å². The highest BCUT2D eigenvalue weighted by atomic mass is 32.1. The molecule has 2 nitrogen and oxygen atoms in total. The molecular weight excluding hydrogens is 227 g/mol. The highest BCUT2D eigenvalue weighted by Crippen LogP contribution is 2.21. The summed E-state index contributed by atoms with van der Waals surface area (Å²) in [5, 5.41) is 4.10. The monoisotopic (exact) mass is 237 g/mol. The summed E-state index contributed by atoms with van der Waals surface area (Å²) in [6.45, 7) is 1.65. The molecule has 0 saturated heterocycles. The minimum atomic E-state index is -4.45. The third-order valence-corrected chi connectivity index (χ3v) is 2.76. The van der Waals surface area contributed by atoms with E-state index >= 15 is 0 Å². The van der Waals surface area contributed by atoms with E-state index in [9.17, 15) is 18.0 Å². The summed E-state index contributed by atoms with van der Waals surface area (Å²) in [5.41, 5.74) is 0. The van der Waals surface area contributed by atoms with E-state index in [4.69, 9.17) is 0 Å². The van der Waals surface area contributed by atoms with Gasteiger partial charge in [0.25, 0.3) is 0 Å². The Bertz CT molecular complexity index is 321. The highest BCUT2D eigenvalue weighted by Gasteiger charge is 2.31. The third kappa shape index (κ3) is 4.33. The molecule has 0 aliphatic heterocycles. The molecule has 84 valence electrons. The smallest absolute Gasteiger partial charge is 0.348 e. The zero-order valence-corrected chi connectivity index (χ0v) is 8.78. The maximum atomic E-state index is 11.8. The van der Waals surface area contributed by atoms with Crippen LogP contribution in [0.3, 0.4) is 0 Å². The lowest BCUT2D eigenvalue weighted by atomic mass is 10.2. The van der Waals surface area contributed by atoms with Crippen LogP contribution in [0.4, 0.5) is 13.2 Å². The Balaban J connectivity index is 2.45. The molecule has 0 radical (unpaired) electrons. The summed E-state index contributed by atoms with van der Waals surface area (Å²) in [7, 11) is 0. The first kappa shape index (κ1) is 12.0. The molecule has 0 fully saturated rings. The molecule has 1 amide bonds. The Morgan fingerprint density at radius 1 is 1.60 bits per heavy atom. The van der Waals surface area contributed by atoms with Crippen LogP contribution >= 0.6 is 11.3 Å². The molecule has 1 rings (SSSR count). The van der Waals surface area contributed by atoms with Crippen LogP contribution in [0.15, 0.2) is 17.5 Å². The fourth-order valence-corrected chi connectivity index (χ4v) is 1.82. The lowest BCUT2D eigenvalue weighted by Gasteiger charge is -2.13. The molecule has 0 aliphatic carbocycles. The van der Waals surface area contributed by atoms with E-state index in [0.717, 1.165) is 4.88 Å². The van der Waals surface area contributed by atoms with Crippen LogP contribution < -0.4 is 5.32 Å². The predicted octanol–water partition coefficient (Wildman–Crippen LogP) is 2.88.